The van der Waals surface area contributed by atoms with Crippen LogP contribution in [0.1, 0.15) is 33.1 Å². The molecule has 0 unspecified atom stereocenters. The molecule has 58 valence electrons. The van der Waals surface area contributed by atoms with Gasteiger partial charge in [-0.1, -0.05) is 20.3 Å². The molecule has 0 aliphatic rings. The number of nitrogens with zero attached hydrogens (tertiary/aromatic N) is 1. The van der Waals surface area contributed by atoms with Crippen LogP contribution >= 0.6 is 0 Å². The average molecular weight is 141 g/mol. The first-order valence-corrected chi connectivity index (χ1v) is 3.78. The summed E-state index contributed by atoms with van der Waals surface area (Å²) in [5, 5.41) is 8.00. The molecular weight excluding hydrogens is 126 g/mol. The van der Waals surface area contributed by atoms with Crippen LogP contribution in [0.25, 0.3) is 0 Å². The van der Waals surface area contributed by atoms with Crippen LogP contribution in [0.3, 0.4) is 0 Å². The van der Waals surface area contributed by atoms with Gasteiger partial charge in [0.25, 0.3) is 6.26 Å². The molecule has 0 amide bonds. The molecule has 0 aromatic heterocycles. The van der Waals surface area contributed by atoms with Crippen molar-refractivity contribution in [2.24, 2.45) is 5.92 Å². The standard InChI is InChI=1S/C8H15NO/c1-8(2)5-3-4-6-10-7-9/h8H,3-6H2,1-2H3. The Balaban J connectivity index is 2.86. The van der Waals surface area contributed by atoms with E-state index in [9.17, 15) is 0 Å². The molecule has 2 heteroatoms. The van der Waals surface area contributed by atoms with Crippen LogP contribution in [0.2, 0.25) is 0 Å². The highest BCUT2D eigenvalue weighted by atomic mass is 16.5. The Labute approximate surface area is 62.8 Å². The third kappa shape index (κ3) is 7.29. The van der Waals surface area contributed by atoms with E-state index in [1.807, 2.05) is 0 Å². The van der Waals surface area contributed by atoms with Gasteiger partial charge >= 0.3 is 0 Å². The van der Waals surface area contributed by atoms with Crippen molar-refractivity contribution in [3.05, 3.63) is 0 Å². The smallest absolute Gasteiger partial charge is 0.286 e. The summed E-state index contributed by atoms with van der Waals surface area (Å²) in [6.07, 6.45) is 5.06. The fourth-order valence-corrected chi connectivity index (χ4v) is 0.772. The van der Waals surface area contributed by atoms with Gasteiger partial charge in [-0.15, -0.1) is 0 Å². The minimum absolute atomic E-state index is 0.587. The molecular formula is C8H15NO. The maximum absolute atomic E-state index is 8.00. The van der Waals surface area contributed by atoms with Gasteiger partial charge in [-0.25, -0.2) is 0 Å². The Morgan fingerprint density at radius 2 is 2.10 bits per heavy atom. The Morgan fingerprint density at radius 1 is 1.40 bits per heavy atom. The SMILES string of the molecule is CC(C)CCCCOC#N. The number of hydrogen-bond acceptors (Lipinski definition) is 2. The minimum Gasteiger partial charge on any atom is -0.428 e. The van der Waals surface area contributed by atoms with Gasteiger partial charge in [0.1, 0.15) is 6.61 Å². The first-order chi connectivity index (χ1) is 4.77. The first kappa shape index (κ1) is 9.29. The number of ether oxygens (including phenoxy) is 1. The zero-order valence-electron chi connectivity index (χ0n) is 6.76. The van der Waals surface area contributed by atoms with Crippen LogP contribution in [-0.4, -0.2) is 6.61 Å². The molecule has 0 fully saturated rings. The van der Waals surface area contributed by atoms with E-state index in [0.29, 0.717) is 6.61 Å². The predicted octanol–water partition coefficient (Wildman–Crippen LogP) is 2.31. The van der Waals surface area contributed by atoms with Gasteiger partial charge in [-0.3, -0.25) is 0 Å². The van der Waals surface area contributed by atoms with Crippen LogP contribution in [0.4, 0.5) is 0 Å². The van der Waals surface area contributed by atoms with Crippen molar-refractivity contribution in [2.45, 2.75) is 33.1 Å². The molecule has 0 atom stereocenters. The van der Waals surface area contributed by atoms with E-state index in [1.54, 1.807) is 6.26 Å². The Hall–Kier alpha value is -0.710. The van der Waals surface area contributed by atoms with Crippen molar-refractivity contribution in [1.82, 2.24) is 0 Å². The van der Waals surface area contributed by atoms with Crippen molar-refractivity contribution in [3.8, 4) is 6.26 Å². The molecule has 0 aromatic carbocycles. The van der Waals surface area contributed by atoms with Crippen LogP contribution in [-0.2, 0) is 4.74 Å². The summed E-state index contributed by atoms with van der Waals surface area (Å²) in [7, 11) is 0. The molecule has 0 bridgehead atoms. The van der Waals surface area contributed by atoms with Gasteiger partial charge < -0.3 is 4.74 Å². The van der Waals surface area contributed by atoms with Gasteiger partial charge in [0.15, 0.2) is 0 Å². The van der Waals surface area contributed by atoms with E-state index in [4.69, 9.17) is 5.26 Å². The Kier molecular flexibility index (Phi) is 5.96. The van der Waals surface area contributed by atoms with Crippen LogP contribution in [0.15, 0.2) is 0 Å². The largest absolute Gasteiger partial charge is 0.428 e. The van der Waals surface area contributed by atoms with Crippen LogP contribution in [0.5, 0.6) is 0 Å². The number of unbranched alkanes of at least 4 members (excludes halogenated alkanes) is 1. The molecule has 2 nitrogen and oxygen atoms in total. The van der Waals surface area contributed by atoms with Gasteiger partial charge in [0, 0.05) is 0 Å². The molecule has 0 spiro atoms. The lowest BCUT2D eigenvalue weighted by molar-refractivity contribution is 0.258. The number of nitriles is 1. The van der Waals surface area contributed by atoms with E-state index in [-0.39, 0.29) is 0 Å². The lowest BCUT2D eigenvalue weighted by atomic mass is 10.1. The summed E-state index contributed by atoms with van der Waals surface area (Å²) in [6, 6.07) is 0. The molecule has 0 aliphatic heterocycles. The molecule has 0 radical (unpaired) electrons. The number of hydrogen-bond donors (Lipinski definition) is 0. The lowest BCUT2D eigenvalue weighted by Crippen LogP contribution is -1.91. The van der Waals surface area contributed by atoms with Gasteiger partial charge in [-0.2, -0.15) is 5.26 Å². The second kappa shape index (κ2) is 6.41. The van der Waals surface area contributed by atoms with Gasteiger partial charge in [-0.05, 0) is 18.8 Å². The maximum atomic E-state index is 8.00. The topological polar surface area (TPSA) is 33.0 Å². The third-order valence-electron chi connectivity index (χ3n) is 1.34. The first-order valence-electron chi connectivity index (χ1n) is 3.78. The second-order valence-electron chi connectivity index (χ2n) is 2.83. The normalized spacial score (nSPS) is 9.40. The fraction of sp³-hybridized carbons (Fsp3) is 0.875. The third-order valence-corrected chi connectivity index (χ3v) is 1.34. The quantitative estimate of drug-likeness (QED) is 0.434. The highest BCUT2D eigenvalue weighted by Gasteiger charge is 1.93. The van der Waals surface area contributed by atoms with Crippen molar-refractivity contribution < 1.29 is 4.74 Å². The van der Waals surface area contributed by atoms with Crippen molar-refractivity contribution >= 4 is 0 Å². The average Bonchev–Trinajstić information content (AvgIpc) is 1.87. The molecule has 0 saturated carbocycles. The van der Waals surface area contributed by atoms with Crippen molar-refractivity contribution in [2.75, 3.05) is 6.61 Å². The van der Waals surface area contributed by atoms with Crippen LogP contribution < -0.4 is 0 Å². The number of rotatable bonds is 5. The van der Waals surface area contributed by atoms with E-state index in [0.717, 1.165) is 12.3 Å². The van der Waals surface area contributed by atoms with E-state index < -0.39 is 0 Å². The van der Waals surface area contributed by atoms with E-state index in [1.165, 1.54) is 12.8 Å². The molecule has 0 saturated heterocycles. The summed E-state index contributed by atoms with van der Waals surface area (Å²) in [5.74, 6) is 0.766. The zero-order valence-corrected chi connectivity index (χ0v) is 6.76. The van der Waals surface area contributed by atoms with E-state index >= 15 is 0 Å². The zero-order chi connectivity index (χ0) is 7.82. The van der Waals surface area contributed by atoms with Gasteiger partial charge in [0.2, 0.25) is 0 Å². The molecule has 0 heterocycles. The predicted molar refractivity (Wildman–Crippen MR) is 40.3 cm³/mol. The fourth-order valence-electron chi connectivity index (χ4n) is 0.772. The van der Waals surface area contributed by atoms with Crippen molar-refractivity contribution in [1.29, 1.82) is 5.26 Å². The Bertz CT molecular complexity index is 104. The molecule has 0 rings (SSSR count). The summed E-state index contributed by atoms with van der Waals surface area (Å²) in [5.41, 5.74) is 0. The highest BCUT2D eigenvalue weighted by molar-refractivity contribution is 4.50. The van der Waals surface area contributed by atoms with E-state index in [2.05, 4.69) is 18.6 Å². The highest BCUT2D eigenvalue weighted by Crippen LogP contribution is 2.05. The summed E-state index contributed by atoms with van der Waals surface area (Å²) in [6.45, 7) is 4.99. The maximum Gasteiger partial charge on any atom is 0.286 e. The van der Waals surface area contributed by atoms with Crippen molar-refractivity contribution in [3.63, 3.8) is 0 Å². The molecule has 10 heavy (non-hydrogen) atoms. The second-order valence-corrected chi connectivity index (χ2v) is 2.83. The molecule has 0 aliphatic carbocycles. The minimum atomic E-state index is 0.587. The summed E-state index contributed by atoms with van der Waals surface area (Å²) >= 11 is 0. The molecule has 0 aromatic rings. The Morgan fingerprint density at radius 3 is 2.60 bits per heavy atom. The molecule has 0 N–H and O–H groups in total. The summed E-state index contributed by atoms with van der Waals surface area (Å²) in [4.78, 5) is 0. The lowest BCUT2D eigenvalue weighted by Gasteiger charge is -2.01. The van der Waals surface area contributed by atoms with Gasteiger partial charge in [0.05, 0.1) is 0 Å². The summed E-state index contributed by atoms with van der Waals surface area (Å²) < 4.78 is 4.52. The van der Waals surface area contributed by atoms with Crippen LogP contribution in [0, 0.1) is 17.4 Å². The monoisotopic (exact) mass is 141 g/mol.